The zero-order valence-corrected chi connectivity index (χ0v) is 27.3. The van der Waals surface area contributed by atoms with Crippen molar-refractivity contribution in [2.24, 2.45) is 0 Å². The van der Waals surface area contributed by atoms with E-state index in [4.69, 9.17) is 0 Å². The number of unbranched alkanes of at least 4 members (excludes halogenated alkanes) is 10. The zero-order chi connectivity index (χ0) is 29.1. The smallest absolute Gasteiger partial charge is 0.133 e. The van der Waals surface area contributed by atoms with Gasteiger partial charge in [0.05, 0.1) is 9.79 Å². The summed E-state index contributed by atoms with van der Waals surface area (Å²) in [4.78, 5) is 1.71. The lowest BCUT2D eigenvalue weighted by Gasteiger charge is -2.25. The molecule has 0 amide bonds. The van der Waals surface area contributed by atoms with Gasteiger partial charge in [-0.3, -0.25) is 0 Å². The van der Waals surface area contributed by atoms with Gasteiger partial charge in [-0.05, 0) is 59.8 Å². The van der Waals surface area contributed by atoms with E-state index in [1.165, 1.54) is 99.9 Å². The molecule has 0 aliphatic rings. The molecule has 0 aliphatic heterocycles. The molecule has 220 valence electrons. The lowest BCUT2D eigenvalue weighted by atomic mass is 9.84. The first-order valence-corrected chi connectivity index (χ1v) is 16.6. The fraction of sp³-hybridized carbons (Fsp3) is 0.667. The van der Waals surface area contributed by atoms with Gasteiger partial charge < -0.3 is 10.2 Å². The summed E-state index contributed by atoms with van der Waals surface area (Å²) in [6.07, 6.45) is 17.4. The Morgan fingerprint density at radius 2 is 0.846 bits per heavy atom. The van der Waals surface area contributed by atoms with Crippen molar-refractivity contribution >= 4 is 11.8 Å². The molecule has 0 saturated carbocycles. The van der Waals surface area contributed by atoms with Crippen molar-refractivity contribution in [2.75, 3.05) is 0 Å². The molecule has 0 aromatic heterocycles. The first-order valence-electron chi connectivity index (χ1n) is 15.8. The molecule has 2 N–H and O–H groups in total. The Labute approximate surface area is 245 Å². The van der Waals surface area contributed by atoms with Gasteiger partial charge in [-0.2, -0.15) is 0 Å². The minimum atomic E-state index is -0.158. The Balaban J connectivity index is 2.35. The van der Waals surface area contributed by atoms with Crippen LogP contribution in [0.15, 0.2) is 34.1 Å². The average Bonchev–Trinajstić information content (AvgIpc) is 2.85. The van der Waals surface area contributed by atoms with Gasteiger partial charge in [0.1, 0.15) is 11.5 Å². The van der Waals surface area contributed by atoms with Crippen LogP contribution in [0, 0.1) is 0 Å². The summed E-state index contributed by atoms with van der Waals surface area (Å²) < 4.78 is 0. The number of benzene rings is 2. The van der Waals surface area contributed by atoms with E-state index < -0.39 is 0 Å². The standard InChI is InChI=1S/C36H58O2S/c1-9-11-13-15-17-19-21-27-23-29(35(3,4)5)33(37)31(25-27)39-32-26-28(22-20-18-16-14-12-10-2)24-30(34(32)38)36(6,7)8/h23-26,37-38H,9-22H2,1-8H3. The van der Waals surface area contributed by atoms with E-state index in [9.17, 15) is 10.2 Å². The lowest BCUT2D eigenvalue weighted by molar-refractivity contribution is 0.431. The fourth-order valence-corrected chi connectivity index (χ4v) is 6.33. The van der Waals surface area contributed by atoms with Crippen molar-refractivity contribution in [3.63, 3.8) is 0 Å². The van der Waals surface area contributed by atoms with Crippen molar-refractivity contribution in [1.29, 1.82) is 0 Å². The molecule has 0 heterocycles. The number of phenols is 2. The fourth-order valence-electron chi connectivity index (χ4n) is 5.25. The average molecular weight is 555 g/mol. The van der Waals surface area contributed by atoms with Gasteiger partial charge in [0.15, 0.2) is 0 Å². The van der Waals surface area contributed by atoms with Crippen LogP contribution in [0.25, 0.3) is 0 Å². The van der Waals surface area contributed by atoms with Crippen molar-refractivity contribution in [1.82, 2.24) is 0 Å². The Hall–Kier alpha value is -1.61. The first-order chi connectivity index (χ1) is 18.4. The van der Waals surface area contributed by atoms with Crippen LogP contribution in [-0.2, 0) is 23.7 Å². The van der Waals surface area contributed by atoms with Crippen molar-refractivity contribution in [2.45, 2.75) is 166 Å². The highest BCUT2D eigenvalue weighted by atomic mass is 32.2. The van der Waals surface area contributed by atoms with Gasteiger partial charge in [0, 0.05) is 11.1 Å². The van der Waals surface area contributed by atoms with Crippen LogP contribution in [0.3, 0.4) is 0 Å². The number of rotatable bonds is 16. The number of hydrogen-bond donors (Lipinski definition) is 2. The molecule has 0 fully saturated rings. The van der Waals surface area contributed by atoms with E-state index in [2.05, 4.69) is 79.7 Å². The normalized spacial score (nSPS) is 12.3. The molecule has 3 heteroatoms. The van der Waals surface area contributed by atoms with Crippen LogP contribution in [0.5, 0.6) is 11.5 Å². The molecule has 39 heavy (non-hydrogen) atoms. The quantitative estimate of drug-likeness (QED) is 0.203. The highest BCUT2D eigenvalue weighted by Gasteiger charge is 2.25. The van der Waals surface area contributed by atoms with Crippen molar-refractivity contribution in [3.8, 4) is 11.5 Å². The monoisotopic (exact) mass is 554 g/mol. The highest BCUT2D eigenvalue weighted by molar-refractivity contribution is 7.99. The summed E-state index contributed by atoms with van der Waals surface area (Å²) in [5.74, 6) is 0.717. The molecule has 0 aliphatic carbocycles. The molecule has 2 aromatic rings. The molecular weight excluding hydrogens is 496 g/mol. The van der Waals surface area contributed by atoms with Crippen LogP contribution in [0.1, 0.15) is 155 Å². The Bertz CT molecular complexity index is 929. The van der Waals surface area contributed by atoms with Crippen LogP contribution in [0.2, 0.25) is 0 Å². The maximum atomic E-state index is 11.4. The Kier molecular flexibility index (Phi) is 13.8. The molecule has 2 rings (SSSR count). The molecule has 2 nitrogen and oxygen atoms in total. The third-order valence-corrected chi connectivity index (χ3v) is 8.81. The summed E-state index contributed by atoms with van der Waals surface area (Å²) in [5, 5.41) is 22.8. The van der Waals surface area contributed by atoms with E-state index in [-0.39, 0.29) is 10.8 Å². The third kappa shape index (κ3) is 11.1. The predicted molar refractivity (Wildman–Crippen MR) is 172 cm³/mol. The summed E-state index contributed by atoms with van der Waals surface area (Å²) in [6.45, 7) is 17.5. The largest absolute Gasteiger partial charge is 0.506 e. The van der Waals surface area contributed by atoms with E-state index in [0.29, 0.717) is 11.5 Å². The maximum absolute atomic E-state index is 11.4. The number of phenolic OH excluding ortho intramolecular Hbond substituents is 2. The van der Waals surface area contributed by atoms with Crippen LogP contribution in [0.4, 0.5) is 0 Å². The molecule has 0 radical (unpaired) electrons. The van der Waals surface area contributed by atoms with Crippen LogP contribution < -0.4 is 0 Å². The van der Waals surface area contributed by atoms with Gasteiger partial charge in [0.2, 0.25) is 0 Å². The Morgan fingerprint density at radius 3 is 1.18 bits per heavy atom. The minimum Gasteiger partial charge on any atom is -0.506 e. The van der Waals surface area contributed by atoms with Gasteiger partial charge in [-0.15, -0.1) is 0 Å². The van der Waals surface area contributed by atoms with Gasteiger partial charge in [-0.1, -0.05) is 143 Å². The number of aromatic hydroxyl groups is 2. The van der Waals surface area contributed by atoms with E-state index in [1.807, 2.05) is 0 Å². The van der Waals surface area contributed by atoms with Gasteiger partial charge >= 0.3 is 0 Å². The number of aryl methyl sites for hydroxylation is 2. The SMILES string of the molecule is CCCCCCCCc1cc(Sc2cc(CCCCCCCC)cc(C(C)(C)C)c2O)c(O)c(C(C)(C)C)c1. The summed E-state index contributed by atoms with van der Waals surface area (Å²) in [7, 11) is 0. The van der Waals surface area contributed by atoms with Crippen molar-refractivity contribution < 1.29 is 10.2 Å². The lowest BCUT2D eigenvalue weighted by Crippen LogP contribution is -2.13. The van der Waals surface area contributed by atoms with Crippen molar-refractivity contribution in [3.05, 3.63) is 46.5 Å². The minimum absolute atomic E-state index is 0.158. The molecule has 0 saturated heterocycles. The molecule has 0 atom stereocenters. The van der Waals surface area contributed by atoms with Gasteiger partial charge in [-0.25, -0.2) is 0 Å². The summed E-state index contributed by atoms with van der Waals surface area (Å²) in [6, 6.07) is 8.75. The van der Waals surface area contributed by atoms with E-state index in [1.54, 1.807) is 0 Å². The number of hydrogen-bond acceptors (Lipinski definition) is 3. The second kappa shape index (κ2) is 16.0. The maximum Gasteiger partial charge on any atom is 0.133 e. The highest BCUT2D eigenvalue weighted by Crippen LogP contribution is 2.47. The second-order valence-corrected chi connectivity index (χ2v) is 14.7. The third-order valence-electron chi connectivity index (χ3n) is 7.74. The zero-order valence-electron chi connectivity index (χ0n) is 26.5. The molecule has 0 unspecified atom stereocenters. The molecule has 2 aromatic carbocycles. The molecule has 0 bridgehead atoms. The van der Waals surface area contributed by atoms with E-state index in [0.717, 1.165) is 33.8 Å². The van der Waals surface area contributed by atoms with Crippen LogP contribution >= 0.6 is 11.8 Å². The second-order valence-electron chi connectivity index (χ2n) is 13.6. The van der Waals surface area contributed by atoms with Gasteiger partial charge in [0.25, 0.3) is 0 Å². The molecular formula is C36H58O2S. The predicted octanol–water partition coefficient (Wildman–Crippen LogP) is 11.6. The van der Waals surface area contributed by atoms with E-state index >= 15 is 0 Å². The first kappa shape index (κ1) is 33.6. The molecule has 0 spiro atoms. The topological polar surface area (TPSA) is 40.5 Å². The Morgan fingerprint density at radius 1 is 0.513 bits per heavy atom. The summed E-state index contributed by atoms with van der Waals surface area (Å²) >= 11 is 1.53. The van der Waals surface area contributed by atoms with Crippen LogP contribution in [-0.4, -0.2) is 10.2 Å². The summed E-state index contributed by atoms with van der Waals surface area (Å²) in [5.41, 5.74) is 4.24.